The van der Waals surface area contributed by atoms with Crippen LogP contribution in [0.4, 0.5) is 0 Å². The van der Waals surface area contributed by atoms with Gasteiger partial charge in [-0.15, -0.1) is 0 Å². The van der Waals surface area contributed by atoms with Gasteiger partial charge in [-0.2, -0.15) is 0 Å². The molecule has 0 atom stereocenters. The summed E-state index contributed by atoms with van der Waals surface area (Å²) >= 11 is 2.29. The fourth-order valence-electron chi connectivity index (χ4n) is 3.19. The van der Waals surface area contributed by atoms with E-state index in [1.807, 2.05) is 0 Å². The first-order valence-corrected chi connectivity index (χ1v) is 11.2. The number of halogens is 1. The van der Waals surface area contributed by atoms with Crippen molar-refractivity contribution in [1.82, 2.24) is 0 Å². The third kappa shape index (κ3) is 18.3. The van der Waals surface area contributed by atoms with E-state index in [0.29, 0.717) is 6.42 Å². The maximum atomic E-state index is 10.8. The number of hydrogen-bond donors (Lipinski definition) is 1. The standard InChI is InChI=1S/C21H39IO2/c1-21(2,19-20(23)24)17-15-13-11-9-7-5-3-4-6-8-10-12-14-16-18-22/h16,18H,3-15,17,19H2,1-2H3,(H,23,24). The van der Waals surface area contributed by atoms with Crippen LogP contribution in [0.25, 0.3) is 0 Å². The summed E-state index contributed by atoms with van der Waals surface area (Å²) in [5, 5.41) is 8.87. The molecular formula is C21H39IO2. The summed E-state index contributed by atoms with van der Waals surface area (Å²) in [5.74, 6) is -0.669. The van der Waals surface area contributed by atoms with Gasteiger partial charge in [0.2, 0.25) is 0 Å². The van der Waals surface area contributed by atoms with Crippen molar-refractivity contribution >= 4 is 28.6 Å². The third-order valence-electron chi connectivity index (χ3n) is 4.69. The molecule has 0 aliphatic heterocycles. The Balaban J connectivity index is 3.21. The van der Waals surface area contributed by atoms with Gasteiger partial charge in [-0.3, -0.25) is 4.79 Å². The molecule has 24 heavy (non-hydrogen) atoms. The number of unbranched alkanes of at least 4 members (excludes halogenated alkanes) is 12. The van der Waals surface area contributed by atoms with Gasteiger partial charge in [0.15, 0.2) is 0 Å². The van der Waals surface area contributed by atoms with Crippen molar-refractivity contribution in [3.05, 3.63) is 10.2 Å². The number of carbonyl (C=O) groups is 1. The summed E-state index contributed by atoms with van der Waals surface area (Å²) in [7, 11) is 0. The van der Waals surface area contributed by atoms with Crippen LogP contribution in [0.3, 0.4) is 0 Å². The highest BCUT2D eigenvalue weighted by Crippen LogP contribution is 2.28. The Hall–Kier alpha value is -0.0600. The van der Waals surface area contributed by atoms with Crippen molar-refractivity contribution in [2.24, 2.45) is 5.41 Å². The second-order valence-corrected chi connectivity index (χ2v) is 8.60. The molecule has 2 nitrogen and oxygen atoms in total. The van der Waals surface area contributed by atoms with Gasteiger partial charge in [0, 0.05) is 0 Å². The Morgan fingerprint density at radius 2 is 1.25 bits per heavy atom. The first-order chi connectivity index (χ1) is 11.5. The minimum Gasteiger partial charge on any atom is -0.481 e. The molecule has 3 heteroatoms. The first-order valence-electron chi connectivity index (χ1n) is 9.95. The fourth-order valence-corrected chi connectivity index (χ4v) is 3.55. The van der Waals surface area contributed by atoms with Gasteiger partial charge >= 0.3 is 5.97 Å². The SMILES string of the molecule is CC(C)(CCCCCCCCCCCCCCC=CI)CC(=O)O. The van der Waals surface area contributed by atoms with Gasteiger partial charge in [-0.05, 0) is 28.8 Å². The second kappa shape index (κ2) is 16.4. The Morgan fingerprint density at radius 1 is 0.833 bits per heavy atom. The van der Waals surface area contributed by atoms with Crippen LogP contribution < -0.4 is 0 Å². The zero-order valence-electron chi connectivity index (χ0n) is 16.0. The van der Waals surface area contributed by atoms with Crippen molar-refractivity contribution in [2.45, 2.75) is 110 Å². The summed E-state index contributed by atoms with van der Waals surface area (Å²) in [6, 6.07) is 0. The lowest BCUT2D eigenvalue weighted by atomic mass is 9.83. The Morgan fingerprint density at radius 3 is 1.67 bits per heavy atom. The maximum absolute atomic E-state index is 10.8. The molecule has 1 N–H and O–H groups in total. The Bertz CT molecular complexity index is 324. The lowest BCUT2D eigenvalue weighted by Crippen LogP contribution is -2.16. The van der Waals surface area contributed by atoms with E-state index < -0.39 is 5.97 Å². The third-order valence-corrected chi connectivity index (χ3v) is 5.20. The monoisotopic (exact) mass is 450 g/mol. The van der Waals surface area contributed by atoms with Crippen LogP contribution in [0.15, 0.2) is 10.2 Å². The number of rotatable bonds is 17. The zero-order chi connectivity index (χ0) is 18.1. The maximum Gasteiger partial charge on any atom is 0.303 e. The Labute approximate surface area is 164 Å². The van der Waals surface area contributed by atoms with Gasteiger partial charge < -0.3 is 5.11 Å². The average molecular weight is 450 g/mol. The van der Waals surface area contributed by atoms with Gasteiger partial charge in [0.05, 0.1) is 6.42 Å². The molecule has 0 bridgehead atoms. The average Bonchev–Trinajstić information content (AvgIpc) is 2.49. The summed E-state index contributed by atoms with van der Waals surface area (Å²) in [6.07, 6.45) is 21.1. The minimum atomic E-state index is -0.669. The van der Waals surface area contributed by atoms with Gasteiger partial charge in [-0.1, -0.05) is 113 Å². The summed E-state index contributed by atoms with van der Waals surface area (Å²) in [4.78, 5) is 10.8. The molecule has 0 aromatic rings. The highest BCUT2D eigenvalue weighted by atomic mass is 127. The lowest BCUT2D eigenvalue weighted by Gasteiger charge is -2.21. The molecule has 0 amide bonds. The second-order valence-electron chi connectivity index (χ2n) is 7.88. The summed E-state index contributed by atoms with van der Waals surface area (Å²) in [6.45, 7) is 4.14. The molecule has 0 fully saturated rings. The predicted molar refractivity (Wildman–Crippen MR) is 114 cm³/mol. The van der Waals surface area contributed by atoms with Crippen molar-refractivity contribution in [3.63, 3.8) is 0 Å². The Kier molecular flexibility index (Phi) is 16.4. The molecule has 0 spiro atoms. The van der Waals surface area contributed by atoms with Crippen LogP contribution in [0.5, 0.6) is 0 Å². The van der Waals surface area contributed by atoms with Crippen LogP contribution >= 0.6 is 22.6 Å². The number of allylic oxidation sites excluding steroid dienone is 1. The summed E-state index contributed by atoms with van der Waals surface area (Å²) in [5.41, 5.74) is -0.0434. The van der Waals surface area contributed by atoms with Crippen LogP contribution in [0, 0.1) is 5.41 Å². The van der Waals surface area contributed by atoms with Crippen molar-refractivity contribution < 1.29 is 9.90 Å². The highest BCUT2D eigenvalue weighted by molar-refractivity contribution is 14.1. The number of carboxylic acid groups (broad SMARTS) is 1. The number of hydrogen-bond acceptors (Lipinski definition) is 1. The van der Waals surface area contributed by atoms with Gasteiger partial charge in [0.25, 0.3) is 0 Å². The van der Waals surface area contributed by atoms with E-state index in [-0.39, 0.29) is 5.41 Å². The summed E-state index contributed by atoms with van der Waals surface area (Å²) < 4.78 is 2.12. The molecule has 0 unspecified atom stereocenters. The van der Waals surface area contributed by atoms with Crippen LogP contribution in [-0.4, -0.2) is 11.1 Å². The van der Waals surface area contributed by atoms with E-state index in [4.69, 9.17) is 5.11 Å². The molecule has 0 aromatic heterocycles. The van der Waals surface area contributed by atoms with E-state index in [1.54, 1.807) is 0 Å². The molecule has 0 saturated heterocycles. The van der Waals surface area contributed by atoms with Crippen LogP contribution in [-0.2, 0) is 4.79 Å². The molecule has 0 aromatic carbocycles. The van der Waals surface area contributed by atoms with E-state index in [1.165, 1.54) is 83.5 Å². The quantitative estimate of drug-likeness (QED) is 0.181. The van der Waals surface area contributed by atoms with Crippen molar-refractivity contribution in [2.75, 3.05) is 0 Å². The molecule has 142 valence electrons. The van der Waals surface area contributed by atoms with Crippen LogP contribution in [0.1, 0.15) is 110 Å². The van der Waals surface area contributed by atoms with E-state index in [0.717, 1.165) is 6.42 Å². The smallest absolute Gasteiger partial charge is 0.303 e. The minimum absolute atomic E-state index is 0.0434. The highest BCUT2D eigenvalue weighted by Gasteiger charge is 2.20. The fraction of sp³-hybridized carbons (Fsp3) is 0.857. The number of aliphatic carboxylic acids is 1. The molecule has 0 saturated carbocycles. The largest absolute Gasteiger partial charge is 0.481 e. The molecule has 0 rings (SSSR count). The topological polar surface area (TPSA) is 37.3 Å². The molecule has 0 aliphatic rings. The van der Waals surface area contributed by atoms with Crippen molar-refractivity contribution in [3.8, 4) is 0 Å². The molecular weight excluding hydrogens is 411 g/mol. The van der Waals surface area contributed by atoms with Crippen molar-refractivity contribution in [1.29, 1.82) is 0 Å². The lowest BCUT2D eigenvalue weighted by molar-refractivity contribution is -0.139. The molecule has 0 aliphatic carbocycles. The van der Waals surface area contributed by atoms with E-state index in [2.05, 4.69) is 46.6 Å². The molecule has 0 heterocycles. The van der Waals surface area contributed by atoms with E-state index in [9.17, 15) is 4.79 Å². The van der Waals surface area contributed by atoms with Gasteiger partial charge in [-0.25, -0.2) is 0 Å². The number of carboxylic acids is 1. The van der Waals surface area contributed by atoms with Crippen LogP contribution in [0.2, 0.25) is 0 Å². The van der Waals surface area contributed by atoms with E-state index >= 15 is 0 Å². The first kappa shape index (κ1) is 23.9. The predicted octanol–water partition coefficient (Wildman–Crippen LogP) is 7.90. The zero-order valence-corrected chi connectivity index (χ0v) is 18.2. The normalized spacial score (nSPS) is 12.1. The van der Waals surface area contributed by atoms with Gasteiger partial charge in [0.1, 0.15) is 0 Å². The molecule has 0 radical (unpaired) electrons.